The Bertz CT molecular complexity index is 557. The maximum atomic E-state index is 12.5. The van der Waals surface area contributed by atoms with Gasteiger partial charge < -0.3 is 5.73 Å². The first-order valence-corrected chi connectivity index (χ1v) is 7.35. The second-order valence-electron chi connectivity index (χ2n) is 5.62. The molecule has 1 aliphatic heterocycles. The number of nitrogens with two attached hydrogens (primary N) is 1. The van der Waals surface area contributed by atoms with Crippen molar-refractivity contribution in [3.8, 4) is 0 Å². The molecule has 4 nitrogen and oxygen atoms in total. The zero-order valence-electron chi connectivity index (χ0n) is 12.8. The average Bonchev–Trinajstić information content (AvgIpc) is 2.92. The highest BCUT2D eigenvalue weighted by molar-refractivity contribution is 5.94. The first kappa shape index (κ1) is 15.4. The van der Waals surface area contributed by atoms with Gasteiger partial charge in [-0.1, -0.05) is 35.9 Å². The third-order valence-corrected chi connectivity index (χ3v) is 3.65. The fourth-order valence-electron chi connectivity index (χ4n) is 2.67. The van der Waals surface area contributed by atoms with Crippen LogP contribution in [-0.2, 0) is 4.79 Å². The first-order valence-electron chi connectivity index (χ1n) is 7.35. The number of nitrogens with zero attached hydrogens (tertiary/aromatic N) is 2. The Labute approximate surface area is 126 Å². The molecule has 1 unspecified atom stereocenters. The summed E-state index contributed by atoms with van der Waals surface area (Å²) in [5.74, 6) is -0.0960. The standard InChI is InChI=1S/C17H23N3O/c1-12-9-13(2)11-15(10-12)16-6-8-19-20(16)17(21)14(3)5-4-7-18/h8-11,16H,3-7,18H2,1-2H3. The van der Waals surface area contributed by atoms with Gasteiger partial charge in [0.1, 0.15) is 0 Å². The van der Waals surface area contributed by atoms with E-state index in [9.17, 15) is 4.79 Å². The molecule has 21 heavy (non-hydrogen) atoms. The number of hydrogen-bond acceptors (Lipinski definition) is 3. The van der Waals surface area contributed by atoms with Crippen LogP contribution in [0.4, 0.5) is 0 Å². The fraction of sp³-hybridized carbons (Fsp3) is 0.412. The summed E-state index contributed by atoms with van der Waals surface area (Å²) < 4.78 is 0. The van der Waals surface area contributed by atoms with Gasteiger partial charge in [0.05, 0.1) is 6.04 Å². The van der Waals surface area contributed by atoms with Crippen LogP contribution in [0.2, 0.25) is 0 Å². The van der Waals surface area contributed by atoms with E-state index in [1.807, 2.05) is 0 Å². The van der Waals surface area contributed by atoms with Crippen molar-refractivity contribution >= 4 is 12.1 Å². The van der Waals surface area contributed by atoms with Crippen molar-refractivity contribution in [3.05, 3.63) is 47.0 Å². The molecule has 0 aromatic heterocycles. The number of rotatable bonds is 5. The summed E-state index contributed by atoms with van der Waals surface area (Å²) in [6, 6.07) is 6.35. The smallest absolute Gasteiger partial charge is 0.269 e. The zero-order chi connectivity index (χ0) is 15.4. The van der Waals surface area contributed by atoms with Crippen LogP contribution in [0.15, 0.2) is 35.5 Å². The lowest BCUT2D eigenvalue weighted by atomic mass is 9.99. The number of amides is 1. The van der Waals surface area contributed by atoms with Gasteiger partial charge in [0.15, 0.2) is 0 Å². The Morgan fingerprint density at radius 2 is 2.05 bits per heavy atom. The quantitative estimate of drug-likeness (QED) is 0.846. The van der Waals surface area contributed by atoms with E-state index in [4.69, 9.17) is 5.73 Å². The van der Waals surface area contributed by atoms with Gasteiger partial charge >= 0.3 is 0 Å². The molecule has 1 amide bonds. The molecule has 112 valence electrons. The molecule has 2 N–H and O–H groups in total. The van der Waals surface area contributed by atoms with Crippen LogP contribution in [0, 0.1) is 13.8 Å². The van der Waals surface area contributed by atoms with Crippen LogP contribution < -0.4 is 5.73 Å². The number of carbonyl (C=O) groups excluding carboxylic acids is 1. The molecule has 1 aromatic carbocycles. The van der Waals surface area contributed by atoms with Crippen molar-refractivity contribution in [3.63, 3.8) is 0 Å². The van der Waals surface area contributed by atoms with E-state index in [1.165, 1.54) is 11.1 Å². The van der Waals surface area contributed by atoms with Crippen molar-refractivity contribution in [2.24, 2.45) is 10.8 Å². The maximum absolute atomic E-state index is 12.5. The Balaban J connectivity index is 2.17. The second-order valence-corrected chi connectivity index (χ2v) is 5.62. The van der Waals surface area contributed by atoms with Gasteiger partial charge in [0.25, 0.3) is 5.91 Å². The summed E-state index contributed by atoms with van der Waals surface area (Å²) in [5, 5.41) is 5.81. The molecule has 0 saturated carbocycles. The Morgan fingerprint density at radius 3 is 2.67 bits per heavy atom. The van der Waals surface area contributed by atoms with Crippen molar-refractivity contribution in [2.75, 3.05) is 6.54 Å². The van der Waals surface area contributed by atoms with Crippen LogP contribution in [0.1, 0.15) is 42.0 Å². The minimum Gasteiger partial charge on any atom is -0.330 e. The van der Waals surface area contributed by atoms with Gasteiger partial charge in [-0.15, -0.1) is 0 Å². The summed E-state index contributed by atoms with van der Waals surface area (Å²) in [5.41, 5.74) is 9.59. The number of hydrazone groups is 1. The normalized spacial score (nSPS) is 17.3. The molecule has 0 fully saturated rings. The third-order valence-electron chi connectivity index (χ3n) is 3.65. The number of hydrogen-bond donors (Lipinski definition) is 1. The molecule has 1 aromatic rings. The van der Waals surface area contributed by atoms with Gasteiger partial charge in [0, 0.05) is 18.2 Å². The predicted octanol–water partition coefficient (Wildman–Crippen LogP) is 2.86. The predicted molar refractivity (Wildman–Crippen MR) is 86.0 cm³/mol. The number of aryl methyl sites for hydroxylation is 2. The summed E-state index contributed by atoms with van der Waals surface area (Å²) in [6.07, 6.45) is 3.95. The molecule has 1 aliphatic rings. The van der Waals surface area contributed by atoms with Crippen molar-refractivity contribution in [2.45, 2.75) is 39.2 Å². The summed E-state index contributed by atoms with van der Waals surface area (Å²) in [4.78, 5) is 12.5. The van der Waals surface area contributed by atoms with Crippen LogP contribution >= 0.6 is 0 Å². The van der Waals surface area contributed by atoms with E-state index >= 15 is 0 Å². The lowest BCUT2D eigenvalue weighted by molar-refractivity contribution is -0.129. The highest BCUT2D eigenvalue weighted by atomic mass is 16.2. The maximum Gasteiger partial charge on any atom is 0.269 e. The zero-order valence-corrected chi connectivity index (χ0v) is 12.8. The Morgan fingerprint density at radius 1 is 1.38 bits per heavy atom. The van der Waals surface area contributed by atoms with Gasteiger partial charge in [-0.2, -0.15) is 5.10 Å². The third kappa shape index (κ3) is 3.58. The van der Waals surface area contributed by atoms with E-state index < -0.39 is 0 Å². The first-order chi connectivity index (χ1) is 10.0. The van der Waals surface area contributed by atoms with Crippen LogP contribution in [0.3, 0.4) is 0 Å². The average molecular weight is 285 g/mol. The second kappa shape index (κ2) is 6.68. The van der Waals surface area contributed by atoms with Gasteiger partial charge in [-0.25, -0.2) is 5.01 Å². The highest BCUT2D eigenvalue weighted by Crippen LogP contribution is 2.30. The van der Waals surface area contributed by atoms with Crippen LogP contribution in [0.5, 0.6) is 0 Å². The minimum absolute atomic E-state index is 0.0225. The Hall–Kier alpha value is -1.94. The van der Waals surface area contributed by atoms with Crippen LogP contribution in [-0.4, -0.2) is 23.7 Å². The fourth-order valence-corrected chi connectivity index (χ4v) is 2.67. The molecule has 0 saturated heterocycles. The lowest BCUT2D eigenvalue weighted by Crippen LogP contribution is -2.28. The highest BCUT2D eigenvalue weighted by Gasteiger charge is 2.29. The topological polar surface area (TPSA) is 58.7 Å². The van der Waals surface area contributed by atoms with E-state index in [-0.39, 0.29) is 11.9 Å². The monoisotopic (exact) mass is 285 g/mol. The molecular formula is C17H23N3O. The molecule has 0 spiro atoms. The molecule has 4 heteroatoms. The largest absolute Gasteiger partial charge is 0.330 e. The lowest BCUT2D eigenvalue weighted by Gasteiger charge is -2.23. The van der Waals surface area contributed by atoms with Gasteiger partial charge in [-0.3, -0.25) is 4.79 Å². The summed E-state index contributed by atoms with van der Waals surface area (Å²) in [6.45, 7) is 8.58. The van der Waals surface area contributed by atoms with Crippen molar-refractivity contribution in [1.29, 1.82) is 0 Å². The molecular weight excluding hydrogens is 262 g/mol. The molecule has 1 atom stereocenters. The van der Waals surface area contributed by atoms with Crippen molar-refractivity contribution < 1.29 is 4.79 Å². The van der Waals surface area contributed by atoms with E-state index in [2.05, 4.69) is 43.7 Å². The molecule has 2 rings (SSSR count). The molecule has 0 radical (unpaired) electrons. The molecule has 0 aliphatic carbocycles. The SMILES string of the molecule is C=C(CCCN)C(=O)N1N=CCC1c1cc(C)cc(C)c1. The Kier molecular flexibility index (Phi) is 4.91. The molecule has 1 heterocycles. The van der Waals surface area contributed by atoms with E-state index in [0.717, 1.165) is 18.4 Å². The number of benzene rings is 1. The summed E-state index contributed by atoms with van der Waals surface area (Å²) >= 11 is 0. The van der Waals surface area contributed by atoms with Gasteiger partial charge in [0.2, 0.25) is 0 Å². The van der Waals surface area contributed by atoms with Crippen LogP contribution in [0.25, 0.3) is 0 Å². The van der Waals surface area contributed by atoms with Gasteiger partial charge in [-0.05, 0) is 38.8 Å². The minimum atomic E-state index is -0.0960. The van der Waals surface area contributed by atoms with E-state index in [1.54, 1.807) is 11.2 Å². The number of carbonyl (C=O) groups is 1. The van der Waals surface area contributed by atoms with Crippen molar-refractivity contribution in [1.82, 2.24) is 5.01 Å². The molecule has 0 bridgehead atoms. The van der Waals surface area contributed by atoms with E-state index in [0.29, 0.717) is 18.5 Å². The summed E-state index contributed by atoms with van der Waals surface area (Å²) in [7, 11) is 0.